The van der Waals surface area contributed by atoms with E-state index < -0.39 is 0 Å². The first-order valence-corrected chi connectivity index (χ1v) is 3.77. The van der Waals surface area contributed by atoms with Gasteiger partial charge in [0, 0.05) is 13.0 Å². The van der Waals surface area contributed by atoms with Crippen LogP contribution in [-0.2, 0) is 9.47 Å². The minimum atomic E-state index is 0.444. The quantitative estimate of drug-likeness (QED) is 0.439. The molecule has 0 aromatic carbocycles. The van der Waals surface area contributed by atoms with Gasteiger partial charge >= 0.3 is 0 Å². The molecule has 1 unspecified atom stereocenters. The lowest BCUT2D eigenvalue weighted by Crippen LogP contribution is -2.07. The second kappa shape index (κ2) is 4.34. The van der Waals surface area contributed by atoms with Crippen LogP contribution in [0.25, 0.3) is 0 Å². The molecule has 0 saturated carbocycles. The maximum atomic E-state index is 5.39. The van der Waals surface area contributed by atoms with Crippen molar-refractivity contribution in [1.82, 2.24) is 0 Å². The van der Waals surface area contributed by atoms with E-state index in [1.807, 2.05) is 0 Å². The van der Waals surface area contributed by atoms with Gasteiger partial charge in [0.25, 0.3) is 0 Å². The van der Waals surface area contributed by atoms with E-state index in [1.165, 1.54) is 19.1 Å². The van der Waals surface area contributed by atoms with Crippen LogP contribution in [0.4, 0.5) is 0 Å². The molecule has 0 aromatic rings. The van der Waals surface area contributed by atoms with Crippen LogP contribution in [-0.4, -0.2) is 19.3 Å². The van der Waals surface area contributed by atoms with Crippen molar-refractivity contribution < 1.29 is 9.47 Å². The lowest BCUT2D eigenvalue weighted by Gasteiger charge is -2.07. The molecule has 0 spiro atoms. The minimum Gasteiger partial charge on any atom is -0.502 e. The zero-order valence-corrected chi connectivity index (χ0v) is 6.21. The zero-order valence-electron chi connectivity index (χ0n) is 6.21. The van der Waals surface area contributed by atoms with E-state index in [0.717, 1.165) is 19.6 Å². The molecule has 1 rings (SSSR count). The molecule has 1 heterocycles. The first-order valence-electron chi connectivity index (χ1n) is 3.77. The molecule has 0 aromatic heterocycles. The Balaban J connectivity index is 1.96. The molecule has 2 heteroatoms. The van der Waals surface area contributed by atoms with Crippen molar-refractivity contribution in [3.8, 4) is 0 Å². The Morgan fingerprint density at radius 2 is 2.60 bits per heavy atom. The van der Waals surface area contributed by atoms with Crippen molar-refractivity contribution in [3.05, 3.63) is 12.8 Å². The fourth-order valence-corrected chi connectivity index (χ4v) is 1.15. The minimum absolute atomic E-state index is 0.444. The number of hydrogen-bond acceptors (Lipinski definition) is 2. The topological polar surface area (TPSA) is 18.5 Å². The standard InChI is InChI=1S/C8H14O2/c1-2-9-7-5-8-4-3-6-10-8/h2,8H,1,3-7H2. The summed E-state index contributed by atoms with van der Waals surface area (Å²) in [6.45, 7) is 5.14. The summed E-state index contributed by atoms with van der Waals surface area (Å²) in [6.07, 6.45) is 5.33. The van der Waals surface area contributed by atoms with Crippen molar-refractivity contribution >= 4 is 0 Å². The van der Waals surface area contributed by atoms with Crippen molar-refractivity contribution in [2.75, 3.05) is 13.2 Å². The first-order chi connectivity index (χ1) is 4.93. The van der Waals surface area contributed by atoms with Gasteiger partial charge in [0.1, 0.15) is 0 Å². The van der Waals surface area contributed by atoms with Gasteiger partial charge in [-0.15, -0.1) is 0 Å². The molecule has 0 radical (unpaired) electrons. The van der Waals surface area contributed by atoms with Gasteiger partial charge in [0.05, 0.1) is 19.0 Å². The number of ether oxygens (including phenoxy) is 2. The summed E-state index contributed by atoms with van der Waals surface area (Å²) in [4.78, 5) is 0. The third-order valence-electron chi connectivity index (χ3n) is 1.70. The Hall–Kier alpha value is -0.500. The summed E-state index contributed by atoms with van der Waals surface area (Å²) in [6, 6.07) is 0. The lowest BCUT2D eigenvalue weighted by molar-refractivity contribution is 0.0833. The monoisotopic (exact) mass is 142 g/mol. The fourth-order valence-electron chi connectivity index (χ4n) is 1.15. The van der Waals surface area contributed by atoms with Crippen molar-refractivity contribution in [1.29, 1.82) is 0 Å². The second-order valence-corrected chi connectivity index (χ2v) is 2.46. The molecule has 0 amide bonds. The molecule has 0 bridgehead atoms. The third-order valence-corrected chi connectivity index (χ3v) is 1.70. The predicted molar refractivity (Wildman–Crippen MR) is 39.7 cm³/mol. The van der Waals surface area contributed by atoms with E-state index in [0.29, 0.717) is 6.10 Å². The van der Waals surface area contributed by atoms with Crippen LogP contribution >= 0.6 is 0 Å². The van der Waals surface area contributed by atoms with Crippen molar-refractivity contribution in [3.63, 3.8) is 0 Å². The van der Waals surface area contributed by atoms with Gasteiger partial charge in [0.15, 0.2) is 0 Å². The predicted octanol–water partition coefficient (Wildman–Crippen LogP) is 1.72. The second-order valence-electron chi connectivity index (χ2n) is 2.46. The molecule has 1 aliphatic rings. The molecule has 1 fully saturated rings. The van der Waals surface area contributed by atoms with Crippen LogP contribution in [0, 0.1) is 0 Å². The highest BCUT2D eigenvalue weighted by Crippen LogP contribution is 2.14. The third kappa shape index (κ3) is 2.40. The maximum absolute atomic E-state index is 5.39. The van der Waals surface area contributed by atoms with E-state index in [-0.39, 0.29) is 0 Å². The molecule has 58 valence electrons. The molecule has 1 saturated heterocycles. The van der Waals surface area contributed by atoms with Gasteiger partial charge in [-0.1, -0.05) is 6.58 Å². The molecule has 1 aliphatic heterocycles. The summed E-state index contributed by atoms with van der Waals surface area (Å²) in [5.41, 5.74) is 0. The average Bonchev–Trinajstić information content (AvgIpc) is 2.41. The normalized spacial score (nSPS) is 24.6. The molecular weight excluding hydrogens is 128 g/mol. The van der Waals surface area contributed by atoms with Gasteiger partial charge in [-0.25, -0.2) is 0 Å². The van der Waals surface area contributed by atoms with Crippen LogP contribution in [0.1, 0.15) is 19.3 Å². The molecule has 1 atom stereocenters. The van der Waals surface area contributed by atoms with Crippen LogP contribution in [0.2, 0.25) is 0 Å². The van der Waals surface area contributed by atoms with E-state index in [9.17, 15) is 0 Å². The number of hydrogen-bond donors (Lipinski definition) is 0. The SMILES string of the molecule is C=COCCC1CCCO1. The molecule has 10 heavy (non-hydrogen) atoms. The number of rotatable bonds is 4. The highest BCUT2D eigenvalue weighted by Gasteiger charge is 2.14. The lowest BCUT2D eigenvalue weighted by atomic mass is 10.2. The highest BCUT2D eigenvalue weighted by atomic mass is 16.5. The first kappa shape index (κ1) is 7.61. The average molecular weight is 142 g/mol. The van der Waals surface area contributed by atoms with Crippen molar-refractivity contribution in [2.24, 2.45) is 0 Å². The zero-order chi connectivity index (χ0) is 7.23. The van der Waals surface area contributed by atoms with E-state index >= 15 is 0 Å². The maximum Gasteiger partial charge on any atom is 0.0897 e. The summed E-state index contributed by atoms with van der Waals surface area (Å²) in [5, 5.41) is 0. The Morgan fingerprint density at radius 1 is 1.70 bits per heavy atom. The smallest absolute Gasteiger partial charge is 0.0897 e. The molecule has 2 nitrogen and oxygen atoms in total. The van der Waals surface area contributed by atoms with Gasteiger partial charge < -0.3 is 9.47 Å². The Labute approximate surface area is 61.8 Å². The van der Waals surface area contributed by atoms with Crippen LogP contribution in [0.5, 0.6) is 0 Å². The van der Waals surface area contributed by atoms with Gasteiger partial charge in [-0.05, 0) is 12.8 Å². The van der Waals surface area contributed by atoms with E-state index in [4.69, 9.17) is 9.47 Å². The summed E-state index contributed by atoms with van der Waals surface area (Å²) in [5.74, 6) is 0. The fraction of sp³-hybridized carbons (Fsp3) is 0.750. The van der Waals surface area contributed by atoms with E-state index in [2.05, 4.69) is 6.58 Å². The Bertz CT molecular complexity index is 95.4. The largest absolute Gasteiger partial charge is 0.502 e. The molecule has 0 aliphatic carbocycles. The van der Waals surface area contributed by atoms with Crippen LogP contribution in [0.3, 0.4) is 0 Å². The summed E-state index contributed by atoms with van der Waals surface area (Å²) in [7, 11) is 0. The van der Waals surface area contributed by atoms with Gasteiger partial charge in [-0.3, -0.25) is 0 Å². The highest BCUT2D eigenvalue weighted by molar-refractivity contribution is 4.64. The molecule has 0 N–H and O–H groups in total. The van der Waals surface area contributed by atoms with Crippen LogP contribution < -0.4 is 0 Å². The van der Waals surface area contributed by atoms with Crippen molar-refractivity contribution in [2.45, 2.75) is 25.4 Å². The summed E-state index contributed by atoms with van der Waals surface area (Å²) < 4.78 is 10.4. The van der Waals surface area contributed by atoms with E-state index in [1.54, 1.807) is 0 Å². The van der Waals surface area contributed by atoms with Crippen LogP contribution in [0.15, 0.2) is 12.8 Å². The Morgan fingerprint density at radius 3 is 3.20 bits per heavy atom. The van der Waals surface area contributed by atoms with Gasteiger partial charge in [0.2, 0.25) is 0 Å². The summed E-state index contributed by atoms with van der Waals surface area (Å²) >= 11 is 0. The molecular formula is C8H14O2. The van der Waals surface area contributed by atoms with Gasteiger partial charge in [-0.2, -0.15) is 0 Å². The Kier molecular flexibility index (Phi) is 3.30.